The van der Waals surface area contributed by atoms with Gasteiger partial charge in [0.15, 0.2) is 0 Å². The number of thioether (sulfide) groups is 1. The predicted octanol–water partition coefficient (Wildman–Crippen LogP) is -0.170. The van der Waals surface area contributed by atoms with Crippen LogP contribution in [0.2, 0.25) is 0 Å². The third-order valence-electron chi connectivity index (χ3n) is 2.04. The van der Waals surface area contributed by atoms with Crippen LogP contribution in [0.4, 0.5) is 0 Å². The van der Waals surface area contributed by atoms with E-state index in [1.54, 1.807) is 18.3 Å². The second-order valence-corrected chi connectivity index (χ2v) is 4.05. The summed E-state index contributed by atoms with van der Waals surface area (Å²) in [6, 6.07) is 2.69. The van der Waals surface area contributed by atoms with E-state index in [4.69, 9.17) is 5.73 Å². The van der Waals surface area contributed by atoms with Crippen molar-refractivity contribution < 1.29 is 9.59 Å². The van der Waals surface area contributed by atoms with Crippen molar-refractivity contribution in [1.82, 2.24) is 10.3 Å². The van der Waals surface area contributed by atoms with Gasteiger partial charge < -0.3 is 11.1 Å². The maximum Gasteiger partial charge on any atom is 0.244 e. The Bertz CT molecular complexity index is 422. The minimum absolute atomic E-state index is 0.207. The Morgan fingerprint density at radius 3 is 3.20 bits per heavy atom. The molecule has 0 saturated carbocycles. The summed E-state index contributed by atoms with van der Waals surface area (Å²) in [6.07, 6.45) is 1.62. The Morgan fingerprint density at radius 2 is 2.47 bits per heavy atom. The Labute approximate surface area is 90.4 Å². The number of nitrogens with zero attached hydrogens (tertiary/aromatic N) is 1. The summed E-state index contributed by atoms with van der Waals surface area (Å²) < 4.78 is 0. The average Bonchev–Trinajstić information content (AvgIpc) is 2.39. The van der Waals surface area contributed by atoms with Crippen molar-refractivity contribution in [1.29, 1.82) is 0 Å². The molecule has 1 atom stereocenters. The summed E-state index contributed by atoms with van der Waals surface area (Å²) in [7, 11) is 0. The minimum atomic E-state index is -0.767. The van der Waals surface area contributed by atoms with Gasteiger partial charge in [0.05, 0.1) is 5.75 Å². The zero-order chi connectivity index (χ0) is 10.8. The van der Waals surface area contributed by atoms with Gasteiger partial charge in [0, 0.05) is 11.8 Å². The fraction of sp³-hybridized carbons (Fsp3) is 0.222. The molecule has 1 unspecified atom stereocenters. The number of hydrogen-bond donors (Lipinski definition) is 2. The highest BCUT2D eigenvalue weighted by Gasteiger charge is 2.26. The number of amides is 2. The number of aromatic nitrogens is 1. The van der Waals surface area contributed by atoms with Gasteiger partial charge in [-0.15, -0.1) is 0 Å². The lowest BCUT2D eigenvalue weighted by Crippen LogP contribution is -2.37. The van der Waals surface area contributed by atoms with Crippen molar-refractivity contribution in [2.45, 2.75) is 11.1 Å². The van der Waals surface area contributed by atoms with Crippen LogP contribution in [0.15, 0.2) is 23.4 Å². The number of primary amides is 1. The van der Waals surface area contributed by atoms with E-state index in [2.05, 4.69) is 10.3 Å². The highest BCUT2D eigenvalue weighted by Crippen LogP contribution is 2.27. The van der Waals surface area contributed by atoms with E-state index in [0.29, 0.717) is 10.6 Å². The molecule has 15 heavy (non-hydrogen) atoms. The van der Waals surface area contributed by atoms with Crippen LogP contribution < -0.4 is 11.1 Å². The highest BCUT2D eigenvalue weighted by atomic mass is 32.2. The Kier molecular flexibility index (Phi) is 2.59. The van der Waals surface area contributed by atoms with Gasteiger partial charge in [-0.25, -0.2) is 4.98 Å². The molecule has 1 aromatic heterocycles. The lowest BCUT2D eigenvalue weighted by molar-refractivity contribution is -0.126. The number of pyridine rings is 1. The fourth-order valence-electron chi connectivity index (χ4n) is 1.38. The number of nitrogens with one attached hydrogen (secondary N) is 1. The molecule has 2 rings (SSSR count). The molecule has 2 amide bonds. The maximum atomic E-state index is 11.3. The number of rotatable bonds is 1. The first-order chi connectivity index (χ1) is 7.18. The molecule has 0 saturated heterocycles. The van der Waals surface area contributed by atoms with E-state index in [1.807, 2.05) is 0 Å². The third-order valence-corrected chi connectivity index (χ3v) is 3.06. The molecular formula is C9H9N3O2S. The van der Waals surface area contributed by atoms with Crippen LogP contribution in [0.25, 0.3) is 0 Å². The summed E-state index contributed by atoms with van der Waals surface area (Å²) >= 11 is 1.31. The van der Waals surface area contributed by atoms with Crippen LogP contribution in [-0.2, 0) is 9.59 Å². The summed E-state index contributed by atoms with van der Waals surface area (Å²) in [4.78, 5) is 26.6. The van der Waals surface area contributed by atoms with E-state index in [-0.39, 0.29) is 11.7 Å². The van der Waals surface area contributed by atoms with Gasteiger partial charge in [0.1, 0.15) is 11.1 Å². The highest BCUT2D eigenvalue weighted by molar-refractivity contribution is 8.00. The number of nitrogens with two attached hydrogens (primary N) is 1. The average molecular weight is 223 g/mol. The largest absolute Gasteiger partial charge is 0.368 e. The first-order valence-electron chi connectivity index (χ1n) is 4.35. The maximum absolute atomic E-state index is 11.3. The van der Waals surface area contributed by atoms with Crippen molar-refractivity contribution in [3.63, 3.8) is 0 Å². The van der Waals surface area contributed by atoms with Crippen LogP contribution >= 0.6 is 11.8 Å². The van der Waals surface area contributed by atoms with E-state index in [0.717, 1.165) is 0 Å². The van der Waals surface area contributed by atoms with E-state index < -0.39 is 11.9 Å². The predicted molar refractivity (Wildman–Crippen MR) is 55.0 cm³/mol. The lowest BCUT2D eigenvalue weighted by atomic mass is 10.1. The van der Waals surface area contributed by atoms with Crippen molar-refractivity contribution in [3.8, 4) is 0 Å². The number of fused-ring (bicyclic) bond motifs is 1. The summed E-state index contributed by atoms with van der Waals surface area (Å²) in [5.41, 5.74) is 5.89. The molecule has 78 valence electrons. The van der Waals surface area contributed by atoms with E-state index in [1.165, 1.54) is 11.8 Å². The zero-order valence-corrected chi connectivity index (χ0v) is 8.58. The van der Waals surface area contributed by atoms with Crippen molar-refractivity contribution in [2.24, 2.45) is 5.73 Å². The lowest BCUT2D eigenvalue weighted by Gasteiger charge is -2.13. The summed E-state index contributed by atoms with van der Waals surface area (Å²) in [5, 5.41) is 3.24. The first kappa shape index (κ1) is 9.97. The quantitative estimate of drug-likeness (QED) is 0.692. The van der Waals surface area contributed by atoms with Gasteiger partial charge in [0.2, 0.25) is 11.8 Å². The second-order valence-electron chi connectivity index (χ2n) is 3.09. The minimum Gasteiger partial charge on any atom is -0.368 e. The SMILES string of the molecule is NC(=O)C1NC(=O)CSc2ncccc21. The monoisotopic (exact) mass is 223 g/mol. The number of carbonyl (C=O) groups excluding carboxylic acids is 2. The van der Waals surface area contributed by atoms with Gasteiger partial charge in [-0.2, -0.15) is 0 Å². The zero-order valence-electron chi connectivity index (χ0n) is 7.77. The van der Waals surface area contributed by atoms with Crippen molar-refractivity contribution in [3.05, 3.63) is 23.9 Å². The molecular weight excluding hydrogens is 214 g/mol. The van der Waals surface area contributed by atoms with Gasteiger partial charge in [-0.3, -0.25) is 9.59 Å². The Balaban J connectivity index is 2.46. The van der Waals surface area contributed by atoms with Gasteiger partial charge in [-0.05, 0) is 6.07 Å². The topological polar surface area (TPSA) is 85.1 Å². The summed E-state index contributed by atoms with van der Waals surface area (Å²) in [5.74, 6) is -0.518. The number of hydrogen-bond acceptors (Lipinski definition) is 4. The van der Waals surface area contributed by atoms with Crippen LogP contribution in [-0.4, -0.2) is 22.6 Å². The molecule has 5 nitrogen and oxygen atoms in total. The molecule has 0 spiro atoms. The van der Waals surface area contributed by atoms with Crippen molar-refractivity contribution in [2.75, 3.05) is 5.75 Å². The number of carbonyl (C=O) groups is 2. The third kappa shape index (κ3) is 1.94. The molecule has 0 bridgehead atoms. The molecule has 0 radical (unpaired) electrons. The molecule has 1 aromatic rings. The van der Waals surface area contributed by atoms with Crippen LogP contribution in [0.5, 0.6) is 0 Å². The molecule has 0 aromatic carbocycles. The fourth-order valence-corrected chi connectivity index (χ4v) is 2.22. The van der Waals surface area contributed by atoms with Crippen LogP contribution in [0, 0.1) is 0 Å². The first-order valence-corrected chi connectivity index (χ1v) is 5.33. The molecule has 1 aliphatic rings. The molecule has 0 fully saturated rings. The Morgan fingerprint density at radius 1 is 1.67 bits per heavy atom. The van der Waals surface area contributed by atoms with Gasteiger partial charge in [-0.1, -0.05) is 17.8 Å². The second kappa shape index (κ2) is 3.90. The van der Waals surface area contributed by atoms with E-state index in [9.17, 15) is 9.59 Å². The molecule has 2 heterocycles. The van der Waals surface area contributed by atoms with E-state index >= 15 is 0 Å². The molecule has 3 N–H and O–H groups in total. The summed E-state index contributed by atoms with van der Waals surface area (Å²) in [6.45, 7) is 0. The normalized spacial score (nSPS) is 20.0. The molecule has 6 heteroatoms. The Hall–Kier alpha value is -1.56. The van der Waals surface area contributed by atoms with Crippen LogP contribution in [0.1, 0.15) is 11.6 Å². The van der Waals surface area contributed by atoms with Gasteiger partial charge in [0.25, 0.3) is 0 Å². The molecule has 1 aliphatic heterocycles. The van der Waals surface area contributed by atoms with Gasteiger partial charge >= 0.3 is 0 Å². The molecule has 0 aliphatic carbocycles. The smallest absolute Gasteiger partial charge is 0.244 e. The van der Waals surface area contributed by atoms with Crippen molar-refractivity contribution >= 4 is 23.6 Å². The standard InChI is InChI=1S/C9H9N3O2S/c10-8(14)7-5-2-1-3-11-9(5)15-4-6(13)12-7/h1-3,7H,4H2,(H2,10,14)(H,12,13). The van der Waals surface area contributed by atoms with Crippen LogP contribution in [0.3, 0.4) is 0 Å².